The van der Waals surface area contributed by atoms with Crippen LogP contribution in [0, 0.1) is 0 Å². The zero-order valence-electron chi connectivity index (χ0n) is 14.1. The molecule has 0 unspecified atom stereocenters. The Morgan fingerprint density at radius 1 is 1.22 bits per heavy atom. The van der Waals surface area contributed by atoms with Gasteiger partial charge in [-0.15, -0.1) is 24.0 Å². The molecule has 1 aliphatic heterocycles. The monoisotopic (exact) mass is 434 g/mol. The van der Waals surface area contributed by atoms with Crippen LogP contribution in [0.1, 0.15) is 18.9 Å². The van der Waals surface area contributed by atoms with E-state index in [0.717, 1.165) is 49.1 Å². The fourth-order valence-electron chi connectivity index (χ4n) is 2.15. The second-order valence-electron chi connectivity index (χ2n) is 5.47. The third-order valence-electron chi connectivity index (χ3n) is 3.28. The molecule has 0 saturated carbocycles. The van der Waals surface area contributed by atoms with Crippen LogP contribution in [0.25, 0.3) is 0 Å². The predicted octanol–water partition coefficient (Wildman–Crippen LogP) is 2.04. The first-order valence-corrected chi connectivity index (χ1v) is 7.74. The Morgan fingerprint density at radius 2 is 2.00 bits per heavy atom. The zero-order chi connectivity index (χ0) is 15.8. The van der Waals surface area contributed by atoms with Gasteiger partial charge >= 0.3 is 0 Å². The average Bonchev–Trinajstić information content (AvgIpc) is 2.96. The van der Waals surface area contributed by atoms with Crippen molar-refractivity contribution in [2.75, 3.05) is 40.5 Å². The zero-order valence-corrected chi connectivity index (χ0v) is 16.4. The first-order chi connectivity index (χ1) is 10.7. The molecule has 0 spiro atoms. The Hall–Kier alpha value is -1.22. The molecule has 2 rings (SSSR count). The third-order valence-corrected chi connectivity index (χ3v) is 3.28. The molecule has 1 heterocycles. The molecule has 0 radical (unpaired) electrons. The van der Waals surface area contributed by atoms with Crippen LogP contribution in [0.4, 0.5) is 0 Å². The summed E-state index contributed by atoms with van der Waals surface area (Å²) in [4.78, 5) is 6.79. The average molecular weight is 434 g/mol. The fourth-order valence-corrected chi connectivity index (χ4v) is 2.15. The molecule has 0 aliphatic carbocycles. The van der Waals surface area contributed by atoms with Gasteiger partial charge in [-0.3, -0.25) is 0 Å². The highest BCUT2D eigenvalue weighted by Crippen LogP contribution is 2.32. The summed E-state index contributed by atoms with van der Waals surface area (Å²) in [5.74, 6) is 2.46. The van der Waals surface area contributed by atoms with E-state index in [9.17, 15) is 0 Å². The van der Waals surface area contributed by atoms with Gasteiger partial charge in [0.15, 0.2) is 17.5 Å². The number of aliphatic imine (C=N–C) groups is 1. The number of benzene rings is 1. The maximum absolute atomic E-state index is 5.39. The van der Waals surface area contributed by atoms with Gasteiger partial charge in [0.25, 0.3) is 0 Å². The standard InChI is InChI=1S/C16H26N4O2.HI/c1-4-17-16(18-8-5-9-20(2)3)19-11-13-6-7-14-15(10-13)22-12-21-14;/h6-7,10H,4-5,8-9,11-12H2,1-3H3,(H2,17,18,19);1H. The quantitative estimate of drug-likeness (QED) is 0.298. The first kappa shape index (κ1) is 19.8. The molecule has 0 aromatic heterocycles. The van der Waals surface area contributed by atoms with Crippen molar-refractivity contribution < 1.29 is 9.47 Å². The molecular formula is C16H27IN4O2. The van der Waals surface area contributed by atoms with Gasteiger partial charge in [-0.25, -0.2) is 4.99 Å². The number of ether oxygens (including phenoxy) is 2. The maximum Gasteiger partial charge on any atom is 0.231 e. The number of fused-ring (bicyclic) bond motifs is 1. The molecule has 6 nitrogen and oxygen atoms in total. The summed E-state index contributed by atoms with van der Waals surface area (Å²) >= 11 is 0. The second-order valence-corrected chi connectivity index (χ2v) is 5.47. The highest BCUT2D eigenvalue weighted by Gasteiger charge is 2.12. The Bertz CT molecular complexity index is 509. The molecule has 0 fully saturated rings. The fraction of sp³-hybridized carbons (Fsp3) is 0.562. The lowest BCUT2D eigenvalue weighted by Crippen LogP contribution is -2.38. The lowest BCUT2D eigenvalue weighted by Gasteiger charge is -2.13. The largest absolute Gasteiger partial charge is 0.454 e. The molecule has 7 heteroatoms. The third kappa shape index (κ3) is 6.82. The number of hydrogen-bond donors (Lipinski definition) is 2. The Balaban J connectivity index is 0.00000264. The molecule has 0 saturated heterocycles. The summed E-state index contributed by atoms with van der Waals surface area (Å²) in [6.45, 7) is 5.80. The normalized spacial score (nSPS) is 13.0. The van der Waals surface area contributed by atoms with Gasteiger partial charge in [-0.2, -0.15) is 0 Å². The number of hydrogen-bond acceptors (Lipinski definition) is 4. The van der Waals surface area contributed by atoms with E-state index < -0.39 is 0 Å². The molecule has 1 aromatic carbocycles. The van der Waals surface area contributed by atoms with Gasteiger partial charge in [0.05, 0.1) is 6.54 Å². The van der Waals surface area contributed by atoms with Gasteiger partial charge in [-0.1, -0.05) is 6.07 Å². The summed E-state index contributed by atoms with van der Waals surface area (Å²) in [5, 5.41) is 6.62. The van der Waals surface area contributed by atoms with Crippen molar-refractivity contribution in [3.8, 4) is 11.5 Å². The first-order valence-electron chi connectivity index (χ1n) is 7.74. The van der Waals surface area contributed by atoms with Gasteiger partial charge < -0.3 is 25.0 Å². The van der Waals surface area contributed by atoms with Crippen molar-refractivity contribution in [3.63, 3.8) is 0 Å². The van der Waals surface area contributed by atoms with Gasteiger partial charge in [0, 0.05) is 13.1 Å². The summed E-state index contributed by atoms with van der Waals surface area (Å²) in [6, 6.07) is 5.94. The number of guanidine groups is 1. The van der Waals surface area contributed by atoms with E-state index in [1.165, 1.54) is 0 Å². The molecular weight excluding hydrogens is 407 g/mol. The van der Waals surface area contributed by atoms with Crippen LogP contribution >= 0.6 is 24.0 Å². The second kappa shape index (κ2) is 10.5. The highest BCUT2D eigenvalue weighted by molar-refractivity contribution is 14.0. The van der Waals surface area contributed by atoms with Crippen LogP contribution in [-0.4, -0.2) is 51.4 Å². The number of nitrogens with zero attached hydrogens (tertiary/aromatic N) is 2. The molecule has 2 N–H and O–H groups in total. The minimum Gasteiger partial charge on any atom is -0.454 e. The van der Waals surface area contributed by atoms with E-state index in [2.05, 4.69) is 41.5 Å². The minimum atomic E-state index is 0. The SMILES string of the molecule is CCNC(=NCc1ccc2c(c1)OCO2)NCCCN(C)C.I. The topological polar surface area (TPSA) is 58.1 Å². The number of halogens is 1. The summed E-state index contributed by atoms with van der Waals surface area (Å²) in [5.41, 5.74) is 1.11. The smallest absolute Gasteiger partial charge is 0.231 e. The maximum atomic E-state index is 5.39. The number of nitrogens with one attached hydrogen (secondary N) is 2. The van der Waals surface area contributed by atoms with Gasteiger partial charge in [0.2, 0.25) is 6.79 Å². The molecule has 1 aromatic rings. The Kier molecular flexibility index (Phi) is 9.08. The van der Waals surface area contributed by atoms with E-state index in [0.29, 0.717) is 13.3 Å². The van der Waals surface area contributed by atoms with E-state index in [1.807, 2.05) is 18.2 Å². The van der Waals surface area contributed by atoms with Gasteiger partial charge in [-0.05, 0) is 51.7 Å². The van der Waals surface area contributed by atoms with Crippen LogP contribution in [0.2, 0.25) is 0 Å². The number of rotatable bonds is 7. The van der Waals surface area contributed by atoms with Crippen molar-refractivity contribution >= 4 is 29.9 Å². The summed E-state index contributed by atoms with van der Waals surface area (Å²) in [6.07, 6.45) is 1.08. The van der Waals surface area contributed by atoms with Crippen molar-refractivity contribution in [2.24, 2.45) is 4.99 Å². The van der Waals surface area contributed by atoms with Crippen molar-refractivity contribution in [3.05, 3.63) is 23.8 Å². The summed E-state index contributed by atoms with van der Waals surface area (Å²) < 4.78 is 10.7. The van der Waals surface area contributed by atoms with Crippen LogP contribution in [0.5, 0.6) is 11.5 Å². The van der Waals surface area contributed by atoms with Gasteiger partial charge in [0.1, 0.15) is 0 Å². The predicted molar refractivity (Wildman–Crippen MR) is 104 cm³/mol. The Morgan fingerprint density at radius 3 is 2.74 bits per heavy atom. The van der Waals surface area contributed by atoms with Crippen LogP contribution in [0.15, 0.2) is 23.2 Å². The lowest BCUT2D eigenvalue weighted by molar-refractivity contribution is 0.174. The molecule has 1 aliphatic rings. The van der Waals surface area contributed by atoms with E-state index >= 15 is 0 Å². The van der Waals surface area contributed by atoms with Crippen molar-refractivity contribution in [1.82, 2.24) is 15.5 Å². The van der Waals surface area contributed by atoms with Crippen LogP contribution < -0.4 is 20.1 Å². The Labute approximate surface area is 155 Å². The molecule has 0 bridgehead atoms. The molecule has 23 heavy (non-hydrogen) atoms. The van der Waals surface area contributed by atoms with E-state index in [1.54, 1.807) is 0 Å². The van der Waals surface area contributed by atoms with Crippen LogP contribution in [-0.2, 0) is 6.54 Å². The van der Waals surface area contributed by atoms with E-state index in [-0.39, 0.29) is 24.0 Å². The minimum absolute atomic E-state index is 0. The summed E-state index contributed by atoms with van der Waals surface area (Å²) in [7, 11) is 4.16. The van der Waals surface area contributed by atoms with Crippen molar-refractivity contribution in [2.45, 2.75) is 19.9 Å². The molecule has 130 valence electrons. The lowest BCUT2D eigenvalue weighted by atomic mass is 10.2. The molecule has 0 amide bonds. The van der Waals surface area contributed by atoms with Crippen molar-refractivity contribution in [1.29, 1.82) is 0 Å². The van der Waals surface area contributed by atoms with E-state index in [4.69, 9.17) is 9.47 Å². The molecule has 0 atom stereocenters. The highest BCUT2D eigenvalue weighted by atomic mass is 127. The van der Waals surface area contributed by atoms with Crippen LogP contribution in [0.3, 0.4) is 0 Å².